The molecule has 0 aliphatic carbocycles. The van der Waals surface area contributed by atoms with Crippen LogP contribution in [0.25, 0.3) is 10.9 Å². The summed E-state index contributed by atoms with van der Waals surface area (Å²) in [4.78, 5) is 34.1. The number of nitrogens with one attached hydrogen (secondary N) is 1. The summed E-state index contributed by atoms with van der Waals surface area (Å²) in [6, 6.07) is 28.1. The molecule has 3 aromatic carbocycles. The first-order valence-electron chi connectivity index (χ1n) is 14.7. The molecule has 2 atom stereocenters. The lowest BCUT2D eigenvalue weighted by molar-refractivity contribution is -0.124. The minimum atomic E-state index is -0.488. The highest BCUT2D eigenvalue weighted by Crippen LogP contribution is 2.43. The van der Waals surface area contributed by atoms with E-state index in [4.69, 9.17) is 0 Å². The van der Waals surface area contributed by atoms with Crippen LogP contribution in [0.15, 0.2) is 84.9 Å². The number of amides is 2. The van der Waals surface area contributed by atoms with Crippen LogP contribution in [0.1, 0.15) is 45.6 Å². The average molecular weight is 550 g/mol. The van der Waals surface area contributed by atoms with Gasteiger partial charge in [0.15, 0.2) is 0 Å². The smallest absolute Gasteiger partial charge is 0.254 e. The van der Waals surface area contributed by atoms with Gasteiger partial charge in [0, 0.05) is 70.1 Å². The van der Waals surface area contributed by atoms with E-state index in [1.807, 2.05) is 50.5 Å². The van der Waals surface area contributed by atoms with Gasteiger partial charge < -0.3 is 19.7 Å². The lowest BCUT2D eigenvalue weighted by Crippen LogP contribution is -2.47. The van der Waals surface area contributed by atoms with Crippen molar-refractivity contribution in [2.75, 3.05) is 46.3 Å². The first-order valence-corrected chi connectivity index (χ1v) is 14.7. The third-order valence-corrected chi connectivity index (χ3v) is 8.82. The van der Waals surface area contributed by atoms with Crippen LogP contribution in [-0.2, 0) is 18.4 Å². The summed E-state index contributed by atoms with van der Waals surface area (Å²) in [5, 5.41) is 4.34. The minimum absolute atomic E-state index is 0.0280. The molecular formula is C34H39N5O2. The second kappa shape index (κ2) is 11.9. The minimum Gasteiger partial charge on any atom is -0.355 e. The number of carbonyl (C=O) groups excluding carboxylic acids is 2. The molecular weight excluding hydrogens is 510 g/mol. The molecule has 3 heterocycles. The predicted molar refractivity (Wildman–Crippen MR) is 163 cm³/mol. The molecule has 7 nitrogen and oxygen atoms in total. The number of carbonyl (C=O) groups is 2. The molecule has 2 amide bonds. The largest absolute Gasteiger partial charge is 0.355 e. The van der Waals surface area contributed by atoms with Crippen molar-refractivity contribution in [3.63, 3.8) is 0 Å². The lowest BCUT2D eigenvalue weighted by atomic mass is 9.81. The maximum Gasteiger partial charge on any atom is 0.254 e. The van der Waals surface area contributed by atoms with Gasteiger partial charge in [0.05, 0.1) is 12.0 Å². The van der Waals surface area contributed by atoms with Crippen molar-refractivity contribution in [1.82, 2.24) is 24.6 Å². The molecule has 0 bridgehead atoms. The van der Waals surface area contributed by atoms with Gasteiger partial charge in [-0.05, 0) is 47.7 Å². The predicted octanol–water partition coefficient (Wildman–Crippen LogP) is 4.41. The number of hydrogen-bond acceptors (Lipinski definition) is 4. The van der Waals surface area contributed by atoms with E-state index in [-0.39, 0.29) is 11.8 Å². The summed E-state index contributed by atoms with van der Waals surface area (Å²) in [6.07, 6.45) is 0.895. The highest BCUT2D eigenvalue weighted by Gasteiger charge is 2.43. The van der Waals surface area contributed by atoms with Crippen LogP contribution in [0, 0.1) is 0 Å². The topological polar surface area (TPSA) is 60.8 Å². The number of piperazine rings is 1. The molecule has 0 spiro atoms. The molecule has 212 valence electrons. The molecule has 2 aliphatic rings. The Morgan fingerprint density at radius 1 is 0.854 bits per heavy atom. The summed E-state index contributed by atoms with van der Waals surface area (Å²) in [7, 11) is 3.84. The summed E-state index contributed by atoms with van der Waals surface area (Å²) >= 11 is 0. The zero-order valence-electron chi connectivity index (χ0n) is 24.0. The van der Waals surface area contributed by atoms with Gasteiger partial charge in [-0.2, -0.15) is 0 Å². The van der Waals surface area contributed by atoms with Gasteiger partial charge in [-0.15, -0.1) is 0 Å². The molecule has 4 aromatic rings. The number of para-hydroxylation sites is 1. The van der Waals surface area contributed by atoms with E-state index < -0.39 is 12.0 Å². The molecule has 0 unspecified atom stereocenters. The van der Waals surface area contributed by atoms with Crippen LogP contribution < -0.4 is 5.32 Å². The zero-order chi connectivity index (χ0) is 28.3. The van der Waals surface area contributed by atoms with Crippen molar-refractivity contribution >= 4 is 22.7 Å². The molecule has 0 saturated carbocycles. The highest BCUT2D eigenvalue weighted by molar-refractivity contribution is 6.01. The van der Waals surface area contributed by atoms with E-state index in [1.165, 1.54) is 5.56 Å². The third-order valence-electron chi connectivity index (χ3n) is 8.82. The third kappa shape index (κ3) is 5.52. The van der Waals surface area contributed by atoms with Crippen molar-refractivity contribution in [1.29, 1.82) is 0 Å². The van der Waals surface area contributed by atoms with Gasteiger partial charge >= 0.3 is 0 Å². The van der Waals surface area contributed by atoms with E-state index in [1.54, 1.807) is 4.90 Å². The van der Waals surface area contributed by atoms with E-state index in [0.29, 0.717) is 12.1 Å². The maximum absolute atomic E-state index is 13.9. The lowest BCUT2D eigenvalue weighted by Gasteiger charge is -2.39. The monoisotopic (exact) mass is 549 g/mol. The summed E-state index contributed by atoms with van der Waals surface area (Å²) < 4.78 is 2.12. The van der Waals surface area contributed by atoms with Crippen LogP contribution in [0.5, 0.6) is 0 Å². The molecule has 1 saturated heterocycles. The Balaban J connectivity index is 1.11. The fourth-order valence-electron chi connectivity index (χ4n) is 6.56. The molecule has 1 N–H and O–H groups in total. The van der Waals surface area contributed by atoms with E-state index in [2.05, 4.69) is 68.2 Å². The van der Waals surface area contributed by atoms with Gasteiger partial charge in [-0.25, -0.2) is 0 Å². The Labute approximate surface area is 242 Å². The van der Waals surface area contributed by atoms with Crippen molar-refractivity contribution in [2.24, 2.45) is 7.05 Å². The fourth-order valence-corrected chi connectivity index (χ4v) is 6.56. The van der Waals surface area contributed by atoms with Crippen LogP contribution in [0.3, 0.4) is 0 Å². The number of rotatable bonds is 8. The Bertz CT molecular complexity index is 1520. The van der Waals surface area contributed by atoms with Crippen LogP contribution in [0.2, 0.25) is 0 Å². The number of nitrogens with zero attached hydrogens (tertiary/aromatic N) is 4. The summed E-state index contributed by atoms with van der Waals surface area (Å²) in [6.45, 7) is 6.80. The van der Waals surface area contributed by atoms with Gasteiger partial charge in [-0.3, -0.25) is 14.5 Å². The summed E-state index contributed by atoms with van der Waals surface area (Å²) in [5.74, 6) is -0.565. The number of aromatic nitrogens is 1. The quantitative estimate of drug-likeness (QED) is 0.331. The van der Waals surface area contributed by atoms with Crippen LogP contribution >= 0.6 is 0 Å². The molecule has 2 aliphatic heterocycles. The second-order valence-electron chi connectivity index (χ2n) is 11.4. The van der Waals surface area contributed by atoms with Gasteiger partial charge in [0.25, 0.3) is 5.91 Å². The van der Waals surface area contributed by atoms with Crippen molar-refractivity contribution in [2.45, 2.75) is 24.9 Å². The normalized spacial score (nSPS) is 19.9. The number of hydrogen-bond donors (Lipinski definition) is 1. The van der Waals surface area contributed by atoms with Crippen LogP contribution in [0.4, 0.5) is 0 Å². The zero-order valence-corrected chi connectivity index (χ0v) is 24.0. The first kappa shape index (κ1) is 27.2. The number of aryl methyl sites for hydroxylation is 1. The average Bonchev–Trinajstić information content (AvgIpc) is 3.34. The molecule has 1 fully saturated rings. The second-order valence-corrected chi connectivity index (χ2v) is 11.4. The van der Waals surface area contributed by atoms with Gasteiger partial charge in [-0.1, -0.05) is 66.7 Å². The Kier molecular flexibility index (Phi) is 7.90. The number of fused-ring (bicyclic) bond motifs is 2. The van der Waals surface area contributed by atoms with Crippen molar-refractivity contribution in [3.05, 3.63) is 107 Å². The highest BCUT2D eigenvalue weighted by atomic mass is 16.2. The maximum atomic E-state index is 13.9. The standard InChI is InChI=1S/C34H39N5O2/c1-36-29-16-9-6-13-26(29)23-30(36)32-31(27-14-7-8-15-28(27)34(41)37(32)2)33(40)35-17-10-18-38-19-21-39(22-20-38)24-25-11-4-3-5-12-25/h3-9,11-16,23,31-32H,10,17-22,24H2,1-2H3,(H,35,40)/t31-,32+/m1/s1. The van der Waals surface area contributed by atoms with E-state index in [0.717, 1.165) is 67.8 Å². The SMILES string of the molecule is CN1C(=O)c2ccccc2[C@@H](C(=O)NCCCN2CCN(Cc3ccccc3)CC2)[C@@H]1c1cc2ccccc2n1C. The fraction of sp³-hybridized carbons (Fsp3) is 0.353. The Morgan fingerprint density at radius 2 is 1.54 bits per heavy atom. The molecule has 1 aromatic heterocycles. The van der Waals surface area contributed by atoms with Crippen molar-refractivity contribution in [3.8, 4) is 0 Å². The van der Waals surface area contributed by atoms with Crippen LogP contribution in [-0.4, -0.2) is 77.4 Å². The summed E-state index contributed by atoms with van der Waals surface area (Å²) in [5.41, 5.74) is 4.83. The first-order chi connectivity index (χ1) is 20.0. The molecule has 7 heteroatoms. The molecule has 41 heavy (non-hydrogen) atoms. The molecule has 6 rings (SSSR count). The van der Waals surface area contributed by atoms with Gasteiger partial charge in [0.1, 0.15) is 0 Å². The Hall–Kier alpha value is -3.94. The van der Waals surface area contributed by atoms with E-state index in [9.17, 15) is 9.59 Å². The Morgan fingerprint density at radius 3 is 2.32 bits per heavy atom. The number of benzene rings is 3. The van der Waals surface area contributed by atoms with Gasteiger partial charge in [0.2, 0.25) is 5.91 Å². The number of likely N-dealkylation sites (N-methyl/N-ethyl adjacent to an activating group) is 1. The van der Waals surface area contributed by atoms with Crippen molar-refractivity contribution < 1.29 is 9.59 Å². The van der Waals surface area contributed by atoms with E-state index >= 15 is 0 Å². The molecule has 0 radical (unpaired) electrons.